The van der Waals surface area contributed by atoms with Gasteiger partial charge >= 0.3 is 0 Å². The molecule has 1 unspecified atom stereocenters. The van der Waals surface area contributed by atoms with Crippen LogP contribution in [0.2, 0.25) is 0 Å². The lowest BCUT2D eigenvalue weighted by Crippen LogP contribution is -2.43. The highest BCUT2D eigenvalue weighted by atomic mass is 16.7. The third-order valence-corrected chi connectivity index (χ3v) is 4.67. The number of aliphatic hydroxyl groups is 1. The second kappa shape index (κ2) is 8.51. The summed E-state index contributed by atoms with van der Waals surface area (Å²) in [5.41, 5.74) is 0.776. The molecule has 1 aromatic rings. The minimum Gasteiger partial charge on any atom is -0.497 e. The van der Waals surface area contributed by atoms with E-state index in [0.717, 1.165) is 37.0 Å². The summed E-state index contributed by atoms with van der Waals surface area (Å²) in [7, 11) is 1.66. The van der Waals surface area contributed by atoms with Crippen LogP contribution in [0.4, 0.5) is 0 Å². The van der Waals surface area contributed by atoms with E-state index in [1.54, 1.807) is 7.11 Å². The van der Waals surface area contributed by atoms with Crippen molar-refractivity contribution in [3.63, 3.8) is 0 Å². The van der Waals surface area contributed by atoms with E-state index in [2.05, 4.69) is 0 Å². The van der Waals surface area contributed by atoms with Gasteiger partial charge in [-0.25, -0.2) is 0 Å². The molecule has 1 fully saturated rings. The minimum atomic E-state index is -0.323. The van der Waals surface area contributed by atoms with Crippen LogP contribution in [-0.4, -0.2) is 37.8 Å². The third kappa shape index (κ3) is 4.00. The van der Waals surface area contributed by atoms with E-state index in [9.17, 15) is 5.11 Å². The fourth-order valence-corrected chi connectivity index (χ4v) is 3.40. The Balaban J connectivity index is 2.20. The Morgan fingerprint density at radius 3 is 2.36 bits per heavy atom. The molecule has 4 nitrogen and oxygen atoms in total. The minimum absolute atomic E-state index is 0.0286. The molecule has 0 radical (unpaired) electrons. The van der Waals surface area contributed by atoms with Crippen molar-refractivity contribution in [1.29, 1.82) is 0 Å². The van der Waals surface area contributed by atoms with E-state index < -0.39 is 0 Å². The molecule has 1 aliphatic rings. The monoisotopic (exact) mass is 308 g/mol. The summed E-state index contributed by atoms with van der Waals surface area (Å²) in [5, 5.41) is 10.0. The van der Waals surface area contributed by atoms with Gasteiger partial charge in [0.05, 0.1) is 19.3 Å². The lowest BCUT2D eigenvalue weighted by Gasteiger charge is -2.43. The maximum Gasteiger partial charge on any atom is 0.147 e. The molecule has 0 bridgehead atoms. The Bertz CT molecular complexity index is 423. The molecule has 1 atom stereocenters. The van der Waals surface area contributed by atoms with Crippen molar-refractivity contribution in [2.24, 2.45) is 0 Å². The van der Waals surface area contributed by atoms with Crippen LogP contribution in [0.15, 0.2) is 24.3 Å². The first-order valence-electron chi connectivity index (χ1n) is 8.22. The van der Waals surface area contributed by atoms with E-state index in [4.69, 9.17) is 14.2 Å². The highest BCUT2D eigenvalue weighted by Crippen LogP contribution is 2.43. The summed E-state index contributed by atoms with van der Waals surface area (Å²) in [6, 6.07) is 7.94. The van der Waals surface area contributed by atoms with Gasteiger partial charge in [-0.3, -0.25) is 0 Å². The Kier molecular flexibility index (Phi) is 6.68. The molecule has 1 aliphatic carbocycles. The van der Waals surface area contributed by atoms with Crippen LogP contribution in [0.3, 0.4) is 0 Å². The van der Waals surface area contributed by atoms with Gasteiger partial charge in [0.1, 0.15) is 12.5 Å². The van der Waals surface area contributed by atoms with Crippen molar-refractivity contribution < 1.29 is 19.3 Å². The molecule has 1 aromatic carbocycles. The number of benzene rings is 1. The zero-order valence-electron chi connectivity index (χ0n) is 13.7. The third-order valence-electron chi connectivity index (χ3n) is 4.67. The number of aliphatic hydroxyl groups excluding tert-OH is 1. The molecule has 0 spiro atoms. The average molecular weight is 308 g/mol. The van der Waals surface area contributed by atoms with Gasteiger partial charge < -0.3 is 19.3 Å². The van der Waals surface area contributed by atoms with Crippen LogP contribution in [0.25, 0.3) is 0 Å². The zero-order chi connectivity index (χ0) is 15.8. The van der Waals surface area contributed by atoms with Crippen molar-refractivity contribution in [2.45, 2.75) is 50.5 Å². The quantitative estimate of drug-likeness (QED) is 0.590. The molecular weight excluding hydrogens is 280 g/mol. The van der Waals surface area contributed by atoms with E-state index in [-0.39, 0.29) is 18.1 Å². The molecule has 4 heteroatoms. The second-order valence-corrected chi connectivity index (χ2v) is 5.89. The van der Waals surface area contributed by atoms with Crippen LogP contribution in [0.1, 0.15) is 50.5 Å². The summed E-state index contributed by atoms with van der Waals surface area (Å²) in [6.45, 7) is 2.98. The summed E-state index contributed by atoms with van der Waals surface area (Å²) in [5.74, 6) is 0.799. The van der Waals surface area contributed by atoms with Gasteiger partial charge in [-0.05, 0) is 37.5 Å². The van der Waals surface area contributed by atoms with Gasteiger partial charge in [-0.15, -0.1) is 0 Å². The number of rotatable bonds is 8. The molecular formula is C18H28O4. The molecule has 0 aromatic heterocycles. The van der Waals surface area contributed by atoms with Gasteiger partial charge in [0.25, 0.3) is 0 Å². The first kappa shape index (κ1) is 17.3. The fourth-order valence-electron chi connectivity index (χ4n) is 3.40. The summed E-state index contributed by atoms with van der Waals surface area (Å²) < 4.78 is 16.8. The van der Waals surface area contributed by atoms with Crippen molar-refractivity contribution in [1.82, 2.24) is 0 Å². The van der Waals surface area contributed by atoms with Crippen LogP contribution < -0.4 is 4.74 Å². The Labute approximate surface area is 133 Å². The highest BCUT2D eigenvalue weighted by Gasteiger charge is 2.41. The molecule has 0 saturated heterocycles. The molecule has 22 heavy (non-hydrogen) atoms. The van der Waals surface area contributed by atoms with E-state index in [1.807, 2.05) is 31.2 Å². The number of hydrogen-bond donors (Lipinski definition) is 1. The van der Waals surface area contributed by atoms with Crippen molar-refractivity contribution >= 4 is 0 Å². The summed E-state index contributed by atoms with van der Waals surface area (Å²) >= 11 is 0. The predicted molar refractivity (Wildman–Crippen MR) is 86.2 cm³/mol. The Morgan fingerprint density at radius 1 is 1.14 bits per heavy atom. The van der Waals surface area contributed by atoms with Gasteiger partial charge in [0.15, 0.2) is 0 Å². The first-order valence-corrected chi connectivity index (χ1v) is 8.22. The topological polar surface area (TPSA) is 47.9 Å². The molecule has 1 saturated carbocycles. The van der Waals surface area contributed by atoms with Crippen molar-refractivity contribution in [2.75, 3.05) is 27.1 Å². The normalized spacial score (nSPS) is 18.9. The molecule has 0 aliphatic heterocycles. The van der Waals surface area contributed by atoms with Crippen molar-refractivity contribution in [3.05, 3.63) is 29.8 Å². The molecule has 124 valence electrons. The Hall–Kier alpha value is -1.10. The average Bonchev–Trinajstić information content (AvgIpc) is 2.57. The van der Waals surface area contributed by atoms with Gasteiger partial charge in [0, 0.05) is 12.5 Å². The van der Waals surface area contributed by atoms with E-state index in [1.165, 1.54) is 6.42 Å². The van der Waals surface area contributed by atoms with Gasteiger partial charge in [-0.2, -0.15) is 0 Å². The molecule has 2 rings (SSSR count). The van der Waals surface area contributed by atoms with E-state index in [0.29, 0.717) is 13.4 Å². The van der Waals surface area contributed by atoms with Gasteiger partial charge in [-0.1, -0.05) is 31.4 Å². The maximum atomic E-state index is 10.0. The van der Waals surface area contributed by atoms with Crippen LogP contribution in [-0.2, 0) is 9.47 Å². The molecule has 0 heterocycles. The highest BCUT2D eigenvalue weighted by molar-refractivity contribution is 5.31. The number of ether oxygens (including phenoxy) is 3. The number of methoxy groups -OCH3 is 1. The number of hydrogen-bond acceptors (Lipinski definition) is 4. The summed E-state index contributed by atoms with van der Waals surface area (Å²) in [4.78, 5) is 0. The van der Waals surface area contributed by atoms with E-state index >= 15 is 0 Å². The van der Waals surface area contributed by atoms with Crippen molar-refractivity contribution in [3.8, 4) is 5.75 Å². The lowest BCUT2D eigenvalue weighted by atomic mass is 9.73. The van der Waals surface area contributed by atoms with Gasteiger partial charge in [0.2, 0.25) is 0 Å². The smallest absolute Gasteiger partial charge is 0.147 e. The fraction of sp³-hybridized carbons (Fsp3) is 0.667. The second-order valence-electron chi connectivity index (χ2n) is 5.89. The molecule has 1 N–H and O–H groups in total. The first-order chi connectivity index (χ1) is 10.8. The molecule has 0 amide bonds. The predicted octanol–water partition coefficient (Wildman–Crippen LogP) is 3.48. The largest absolute Gasteiger partial charge is 0.497 e. The zero-order valence-corrected chi connectivity index (χ0v) is 13.7. The summed E-state index contributed by atoms with van der Waals surface area (Å²) in [6.07, 6.45) is 5.45. The van der Waals surface area contributed by atoms with Crippen LogP contribution >= 0.6 is 0 Å². The SMILES string of the molecule is CCOCOC1(C(CO)c2ccc(OC)cc2)CCCCC1. The standard InChI is InChI=1S/C18H28O4/c1-3-21-14-22-18(11-5-4-6-12-18)17(13-19)15-7-9-16(20-2)10-8-15/h7-10,17,19H,3-6,11-14H2,1-2H3. The Morgan fingerprint density at radius 2 is 1.82 bits per heavy atom. The maximum absolute atomic E-state index is 10.0. The van der Waals surface area contributed by atoms with Crippen LogP contribution in [0, 0.1) is 0 Å². The van der Waals surface area contributed by atoms with Crippen LogP contribution in [0.5, 0.6) is 5.75 Å². The lowest BCUT2D eigenvalue weighted by molar-refractivity contribution is -0.169.